The van der Waals surface area contributed by atoms with Crippen LogP contribution in [0.3, 0.4) is 0 Å². The van der Waals surface area contributed by atoms with Gasteiger partial charge in [-0.05, 0) is 17.7 Å². The minimum absolute atomic E-state index is 0.438. The topological polar surface area (TPSA) is 66.5 Å². The van der Waals surface area contributed by atoms with Gasteiger partial charge in [-0.15, -0.1) is 0 Å². The Morgan fingerprint density at radius 1 is 0.810 bits per heavy atom. The molecule has 1 N–H and O–H groups in total. The Morgan fingerprint density at radius 3 is 2.00 bits per heavy atom. The summed E-state index contributed by atoms with van der Waals surface area (Å²) in [5, 5.41) is 2.23. The van der Waals surface area contributed by atoms with E-state index in [0.717, 1.165) is 4.90 Å². The molecular formula is C16H12N2O3. The lowest BCUT2D eigenvalue weighted by molar-refractivity contribution is -0.130. The van der Waals surface area contributed by atoms with E-state index in [1.54, 1.807) is 60.7 Å². The molecule has 21 heavy (non-hydrogen) atoms. The van der Waals surface area contributed by atoms with Gasteiger partial charge in [0.1, 0.15) is 5.92 Å². The molecule has 4 amide bonds. The van der Waals surface area contributed by atoms with Crippen LogP contribution in [0.2, 0.25) is 0 Å². The Bertz CT molecular complexity index is 638. The Kier molecular flexibility index (Phi) is 3.23. The fourth-order valence-electron chi connectivity index (χ4n) is 2.34. The molecule has 1 aliphatic rings. The monoisotopic (exact) mass is 280 g/mol. The van der Waals surface area contributed by atoms with Crippen molar-refractivity contribution in [2.45, 2.75) is 5.92 Å². The summed E-state index contributed by atoms with van der Waals surface area (Å²) in [7, 11) is 0. The second-order valence-electron chi connectivity index (χ2n) is 4.65. The number of imide groups is 2. The predicted octanol–water partition coefficient (Wildman–Crippen LogP) is 2.05. The first-order valence-electron chi connectivity index (χ1n) is 6.47. The van der Waals surface area contributed by atoms with Crippen molar-refractivity contribution in [2.75, 3.05) is 4.90 Å². The lowest BCUT2D eigenvalue weighted by atomic mass is 9.95. The lowest BCUT2D eigenvalue weighted by Gasteiger charge is -2.30. The summed E-state index contributed by atoms with van der Waals surface area (Å²) in [5.74, 6) is -2.14. The van der Waals surface area contributed by atoms with Gasteiger partial charge in [0.15, 0.2) is 0 Å². The van der Waals surface area contributed by atoms with Crippen molar-refractivity contribution >= 4 is 23.5 Å². The number of anilines is 1. The molecule has 1 unspecified atom stereocenters. The quantitative estimate of drug-likeness (QED) is 0.856. The van der Waals surface area contributed by atoms with Crippen molar-refractivity contribution in [3.63, 3.8) is 0 Å². The Balaban J connectivity index is 2.02. The van der Waals surface area contributed by atoms with Gasteiger partial charge in [0.25, 0.3) is 5.91 Å². The first kappa shape index (κ1) is 13.1. The van der Waals surface area contributed by atoms with Crippen LogP contribution in [0.5, 0.6) is 0 Å². The SMILES string of the molecule is O=C1NC(=O)N(c2ccccc2)C(=O)C1c1ccccc1. The molecule has 0 spiro atoms. The van der Waals surface area contributed by atoms with E-state index in [-0.39, 0.29) is 0 Å². The van der Waals surface area contributed by atoms with Gasteiger partial charge >= 0.3 is 6.03 Å². The van der Waals surface area contributed by atoms with Crippen molar-refractivity contribution in [2.24, 2.45) is 0 Å². The summed E-state index contributed by atoms with van der Waals surface area (Å²) in [6.07, 6.45) is 0. The van der Waals surface area contributed by atoms with Gasteiger partial charge in [-0.2, -0.15) is 0 Å². The van der Waals surface area contributed by atoms with Gasteiger partial charge in [-0.25, -0.2) is 9.69 Å². The highest BCUT2D eigenvalue weighted by Gasteiger charge is 2.41. The van der Waals surface area contributed by atoms with E-state index in [9.17, 15) is 14.4 Å². The summed E-state index contributed by atoms with van der Waals surface area (Å²) in [6.45, 7) is 0. The molecule has 1 aliphatic heterocycles. The number of carbonyl (C=O) groups is 3. The number of nitrogens with zero attached hydrogens (tertiary/aromatic N) is 1. The minimum Gasteiger partial charge on any atom is -0.276 e. The van der Waals surface area contributed by atoms with Crippen LogP contribution in [0.1, 0.15) is 11.5 Å². The fraction of sp³-hybridized carbons (Fsp3) is 0.0625. The molecule has 3 rings (SSSR count). The molecular weight excluding hydrogens is 268 g/mol. The highest BCUT2D eigenvalue weighted by molar-refractivity contribution is 6.30. The van der Waals surface area contributed by atoms with E-state index in [1.165, 1.54) is 0 Å². The van der Waals surface area contributed by atoms with Crippen LogP contribution >= 0.6 is 0 Å². The maximum Gasteiger partial charge on any atom is 0.335 e. The molecule has 2 aromatic rings. The molecule has 0 saturated carbocycles. The summed E-state index contributed by atoms with van der Waals surface area (Å²) < 4.78 is 0. The summed E-state index contributed by atoms with van der Waals surface area (Å²) in [5.41, 5.74) is 1.00. The van der Waals surface area contributed by atoms with Gasteiger partial charge in [0.05, 0.1) is 5.69 Å². The number of carbonyl (C=O) groups excluding carboxylic acids is 3. The van der Waals surface area contributed by atoms with E-state index in [0.29, 0.717) is 11.3 Å². The Hall–Kier alpha value is -2.95. The van der Waals surface area contributed by atoms with Crippen molar-refractivity contribution in [3.05, 3.63) is 66.2 Å². The van der Waals surface area contributed by atoms with Crippen molar-refractivity contribution in [1.29, 1.82) is 0 Å². The van der Waals surface area contributed by atoms with Crippen LogP contribution in [0, 0.1) is 0 Å². The van der Waals surface area contributed by atoms with Crippen LogP contribution in [0.25, 0.3) is 0 Å². The van der Waals surface area contributed by atoms with Crippen LogP contribution in [0.4, 0.5) is 10.5 Å². The lowest BCUT2D eigenvalue weighted by Crippen LogP contribution is -2.57. The molecule has 0 aromatic heterocycles. The largest absolute Gasteiger partial charge is 0.335 e. The minimum atomic E-state index is -1.01. The van der Waals surface area contributed by atoms with Gasteiger partial charge in [-0.1, -0.05) is 48.5 Å². The maximum atomic E-state index is 12.6. The van der Waals surface area contributed by atoms with E-state index in [4.69, 9.17) is 0 Å². The number of barbiturate groups is 1. The number of rotatable bonds is 2. The van der Waals surface area contributed by atoms with Crippen LogP contribution < -0.4 is 10.2 Å². The highest BCUT2D eigenvalue weighted by atomic mass is 16.2. The van der Waals surface area contributed by atoms with Gasteiger partial charge in [0.2, 0.25) is 5.91 Å². The molecule has 5 nitrogen and oxygen atoms in total. The van der Waals surface area contributed by atoms with Crippen LogP contribution in [-0.4, -0.2) is 17.8 Å². The number of nitrogens with one attached hydrogen (secondary N) is 1. The maximum absolute atomic E-state index is 12.6. The standard InChI is InChI=1S/C16H12N2O3/c19-14-13(11-7-3-1-4-8-11)15(20)18(16(21)17-14)12-9-5-2-6-10-12/h1-10,13H,(H,17,19,21). The van der Waals surface area contributed by atoms with Crippen molar-refractivity contribution < 1.29 is 14.4 Å². The van der Waals surface area contributed by atoms with Gasteiger partial charge in [-0.3, -0.25) is 14.9 Å². The molecule has 1 fully saturated rings. The van der Waals surface area contributed by atoms with Crippen LogP contribution in [-0.2, 0) is 9.59 Å². The van der Waals surface area contributed by atoms with Crippen LogP contribution in [0.15, 0.2) is 60.7 Å². The number of hydrogen-bond acceptors (Lipinski definition) is 3. The molecule has 0 bridgehead atoms. The summed E-state index contributed by atoms with van der Waals surface area (Å²) in [6, 6.07) is 16.5. The second kappa shape index (κ2) is 5.20. The molecule has 5 heteroatoms. The summed E-state index contributed by atoms with van der Waals surface area (Å²) >= 11 is 0. The highest BCUT2D eigenvalue weighted by Crippen LogP contribution is 2.26. The molecule has 0 radical (unpaired) electrons. The zero-order chi connectivity index (χ0) is 14.8. The second-order valence-corrected chi connectivity index (χ2v) is 4.65. The third-order valence-corrected chi connectivity index (χ3v) is 3.31. The van der Waals surface area contributed by atoms with E-state index in [2.05, 4.69) is 5.32 Å². The third-order valence-electron chi connectivity index (χ3n) is 3.31. The molecule has 0 aliphatic carbocycles. The smallest absolute Gasteiger partial charge is 0.276 e. The zero-order valence-corrected chi connectivity index (χ0v) is 11.0. The molecule has 1 atom stereocenters. The van der Waals surface area contributed by atoms with E-state index in [1.807, 2.05) is 0 Å². The average molecular weight is 280 g/mol. The van der Waals surface area contributed by atoms with E-state index >= 15 is 0 Å². The van der Waals surface area contributed by atoms with Crippen molar-refractivity contribution in [3.8, 4) is 0 Å². The number of urea groups is 1. The number of hydrogen-bond donors (Lipinski definition) is 1. The number of benzene rings is 2. The number of para-hydroxylation sites is 1. The predicted molar refractivity (Wildman–Crippen MR) is 76.6 cm³/mol. The molecule has 1 heterocycles. The molecule has 2 aromatic carbocycles. The average Bonchev–Trinajstić information content (AvgIpc) is 2.49. The fourth-order valence-corrected chi connectivity index (χ4v) is 2.34. The first-order valence-corrected chi connectivity index (χ1v) is 6.47. The van der Waals surface area contributed by atoms with E-state index < -0.39 is 23.8 Å². The van der Waals surface area contributed by atoms with Crippen molar-refractivity contribution in [1.82, 2.24) is 5.32 Å². The Labute approximate surface area is 121 Å². The first-order chi connectivity index (χ1) is 10.2. The summed E-state index contributed by atoms with van der Waals surface area (Å²) in [4.78, 5) is 37.6. The molecule has 1 saturated heterocycles. The number of amides is 4. The normalized spacial score (nSPS) is 18.6. The van der Waals surface area contributed by atoms with Gasteiger partial charge < -0.3 is 0 Å². The zero-order valence-electron chi connectivity index (χ0n) is 11.0. The third kappa shape index (κ3) is 2.29. The van der Waals surface area contributed by atoms with Gasteiger partial charge in [0, 0.05) is 0 Å². The Morgan fingerprint density at radius 2 is 1.38 bits per heavy atom. The molecule has 104 valence electrons.